The molecule has 2 aromatic heterocycles. The summed E-state index contributed by atoms with van der Waals surface area (Å²) >= 11 is 0. The van der Waals surface area contributed by atoms with Crippen molar-refractivity contribution in [3.8, 4) is 0 Å². The highest BCUT2D eigenvalue weighted by Gasteiger charge is 1.96. The monoisotopic (exact) mass is 184 g/mol. The third-order valence-electron chi connectivity index (χ3n) is 1.34. The first-order valence-electron chi connectivity index (χ1n) is 3.01. The summed E-state index contributed by atoms with van der Waals surface area (Å²) in [6.07, 6.45) is 4.32. The lowest BCUT2D eigenvalue weighted by Gasteiger charge is -1.89. The van der Waals surface area contributed by atoms with Crippen molar-refractivity contribution in [2.45, 2.75) is 0 Å². The molecular formula is C6H5ClN4O. The van der Waals surface area contributed by atoms with Crippen LogP contribution in [0.25, 0.3) is 10.9 Å². The van der Waals surface area contributed by atoms with Crippen LogP contribution < -0.4 is 5.56 Å². The lowest BCUT2D eigenvalue weighted by Crippen LogP contribution is -2.08. The molecule has 5 nitrogen and oxygen atoms in total. The Kier molecular flexibility index (Phi) is 2.35. The fraction of sp³-hybridized carbons (Fsp3) is 0. The van der Waals surface area contributed by atoms with Crippen LogP contribution in [0.15, 0.2) is 23.5 Å². The number of hydrogen-bond donors (Lipinski definition) is 1. The number of halogens is 1. The number of hydrogen-bond acceptors (Lipinski definition) is 4. The Morgan fingerprint density at radius 1 is 1.33 bits per heavy atom. The van der Waals surface area contributed by atoms with Gasteiger partial charge in [-0.05, 0) is 0 Å². The second-order valence-electron chi connectivity index (χ2n) is 2.02. The SMILES string of the molecule is Cl.O=c1[nH]ncc2ncncc12. The van der Waals surface area contributed by atoms with Crippen LogP contribution in [-0.4, -0.2) is 20.2 Å². The molecule has 0 fully saturated rings. The Bertz CT molecular complexity index is 435. The van der Waals surface area contributed by atoms with E-state index in [0.717, 1.165) is 0 Å². The molecule has 0 aliphatic carbocycles. The zero-order chi connectivity index (χ0) is 7.68. The molecule has 2 heterocycles. The molecule has 0 amide bonds. The van der Waals surface area contributed by atoms with Gasteiger partial charge >= 0.3 is 0 Å². The van der Waals surface area contributed by atoms with Crippen molar-refractivity contribution in [3.63, 3.8) is 0 Å². The number of nitrogens with zero attached hydrogens (tertiary/aromatic N) is 3. The summed E-state index contributed by atoms with van der Waals surface area (Å²) in [4.78, 5) is 18.5. The van der Waals surface area contributed by atoms with Gasteiger partial charge in [-0.25, -0.2) is 15.1 Å². The van der Waals surface area contributed by atoms with Gasteiger partial charge in [0.25, 0.3) is 5.56 Å². The average Bonchev–Trinajstić information content (AvgIpc) is 2.06. The van der Waals surface area contributed by atoms with Crippen molar-refractivity contribution in [2.75, 3.05) is 0 Å². The Hall–Kier alpha value is -1.49. The van der Waals surface area contributed by atoms with Gasteiger partial charge in [0.1, 0.15) is 6.33 Å². The summed E-state index contributed by atoms with van der Waals surface area (Å²) < 4.78 is 0. The maximum absolute atomic E-state index is 11.0. The first kappa shape index (κ1) is 8.61. The molecule has 0 radical (unpaired) electrons. The van der Waals surface area contributed by atoms with Crippen LogP contribution in [-0.2, 0) is 0 Å². The maximum atomic E-state index is 11.0. The molecule has 12 heavy (non-hydrogen) atoms. The lowest BCUT2D eigenvalue weighted by molar-refractivity contribution is 0.999. The zero-order valence-corrected chi connectivity index (χ0v) is 6.71. The maximum Gasteiger partial charge on any atom is 0.275 e. The first-order chi connectivity index (χ1) is 5.38. The number of aromatic amines is 1. The van der Waals surface area contributed by atoms with E-state index in [1.54, 1.807) is 0 Å². The van der Waals surface area contributed by atoms with E-state index >= 15 is 0 Å². The normalized spacial score (nSPS) is 9.33. The number of rotatable bonds is 0. The second kappa shape index (κ2) is 3.27. The molecule has 0 spiro atoms. The van der Waals surface area contributed by atoms with Crippen molar-refractivity contribution in [2.24, 2.45) is 0 Å². The van der Waals surface area contributed by atoms with Gasteiger partial charge in [-0.2, -0.15) is 5.10 Å². The predicted molar refractivity (Wildman–Crippen MR) is 45.2 cm³/mol. The highest BCUT2D eigenvalue weighted by atomic mass is 35.5. The fourth-order valence-corrected chi connectivity index (χ4v) is 0.829. The third kappa shape index (κ3) is 1.26. The average molecular weight is 185 g/mol. The van der Waals surface area contributed by atoms with Gasteiger partial charge < -0.3 is 0 Å². The van der Waals surface area contributed by atoms with Crippen LogP contribution in [0.5, 0.6) is 0 Å². The second-order valence-corrected chi connectivity index (χ2v) is 2.02. The molecule has 0 saturated carbocycles. The van der Waals surface area contributed by atoms with Gasteiger partial charge in [-0.3, -0.25) is 4.79 Å². The van der Waals surface area contributed by atoms with E-state index in [4.69, 9.17) is 0 Å². The Morgan fingerprint density at radius 2 is 2.17 bits per heavy atom. The minimum atomic E-state index is -0.261. The fourth-order valence-electron chi connectivity index (χ4n) is 0.829. The predicted octanol–water partition coefficient (Wildman–Crippen LogP) is 0.135. The van der Waals surface area contributed by atoms with Crippen LogP contribution in [0.2, 0.25) is 0 Å². The van der Waals surface area contributed by atoms with Gasteiger partial charge in [-0.15, -0.1) is 12.4 Å². The van der Waals surface area contributed by atoms with Gasteiger partial charge in [0.15, 0.2) is 0 Å². The van der Waals surface area contributed by atoms with E-state index in [2.05, 4.69) is 20.2 Å². The van der Waals surface area contributed by atoms with Crippen molar-refractivity contribution in [1.29, 1.82) is 0 Å². The van der Waals surface area contributed by atoms with E-state index < -0.39 is 0 Å². The molecule has 6 heteroatoms. The largest absolute Gasteiger partial charge is 0.275 e. The molecule has 0 aliphatic heterocycles. The summed E-state index contributed by atoms with van der Waals surface area (Å²) in [5.74, 6) is 0. The van der Waals surface area contributed by atoms with Crippen molar-refractivity contribution in [1.82, 2.24) is 20.2 Å². The summed E-state index contributed by atoms with van der Waals surface area (Å²) in [6.45, 7) is 0. The molecule has 0 aromatic carbocycles. The van der Waals surface area contributed by atoms with Crippen LogP contribution in [0.1, 0.15) is 0 Å². The highest BCUT2D eigenvalue weighted by molar-refractivity contribution is 5.85. The Balaban J connectivity index is 0.000000720. The molecule has 62 valence electrons. The molecule has 0 aliphatic rings. The van der Waals surface area contributed by atoms with E-state index in [-0.39, 0.29) is 18.0 Å². The van der Waals surface area contributed by atoms with Crippen LogP contribution in [0.3, 0.4) is 0 Å². The smallest absolute Gasteiger partial charge is 0.267 e. The summed E-state index contributed by atoms with van der Waals surface area (Å²) in [5.41, 5.74) is 0.298. The molecule has 0 atom stereocenters. The number of fused-ring (bicyclic) bond motifs is 1. The third-order valence-corrected chi connectivity index (χ3v) is 1.34. The van der Waals surface area contributed by atoms with Gasteiger partial charge in [0.05, 0.1) is 17.1 Å². The van der Waals surface area contributed by atoms with Gasteiger partial charge in [-0.1, -0.05) is 0 Å². The van der Waals surface area contributed by atoms with Crippen LogP contribution in [0.4, 0.5) is 0 Å². The Labute approximate surface area is 73.3 Å². The molecule has 0 unspecified atom stereocenters. The van der Waals surface area contributed by atoms with E-state index in [0.29, 0.717) is 10.9 Å². The van der Waals surface area contributed by atoms with Crippen molar-refractivity contribution < 1.29 is 0 Å². The van der Waals surface area contributed by atoms with E-state index in [1.165, 1.54) is 18.7 Å². The number of H-pyrrole nitrogens is 1. The number of nitrogens with one attached hydrogen (secondary N) is 1. The highest BCUT2D eigenvalue weighted by Crippen LogP contribution is 1.97. The molecule has 1 N–H and O–H groups in total. The van der Waals surface area contributed by atoms with Crippen molar-refractivity contribution >= 4 is 23.3 Å². The molecule has 2 rings (SSSR count). The topological polar surface area (TPSA) is 71.5 Å². The van der Waals surface area contributed by atoms with Crippen molar-refractivity contribution in [3.05, 3.63) is 29.1 Å². The van der Waals surface area contributed by atoms with Gasteiger partial charge in [0.2, 0.25) is 0 Å². The van der Waals surface area contributed by atoms with E-state index in [9.17, 15) is 4.79 Å². The first-order valence-corrected chi connectivity index (χ1v) is 3.01. The summed E-state index contributed by atoms with van der Waals surface area (Å²) in [5, 5.41) is 6.33. The summed E-state index contributed by atoms with van der Waals surface area (Å²) in [7, 11) is 0. The Morgan fingerprint density at radius 3 is 2.92 bits per heavy atom. The zero-order valence-electron chi connectivity index (χ0n) is 5.89. The number of aromatic nitrogens is 4. The molecule has 2 aromatic rings. The molecule has 0 bridgehead atoms. The van der Waals surface area contributed by atoms with E-state index in [1.807, 2.05) is 0 Å². The van der Waals surface area contributed by atoms with Crippen LogP contribution >= 0.6 is 12.4 Å². The molecular weight excluding hydrogens is 180 g/mol. The quantitative estimate of drug-likeness (QED) is 0.632. The molecule has 0 saturated heterocycles. The van der Waals surface area contributed by atoms with Crippen LogP contribution in [0, 0.1) is 0 Å². The standard InChI is InChI=1S/C6H4N4O.ClH/c11-6-4-1-7-3-8-5(4)2-9-10-6;/h1-3H,(H,10,11);1H. The van der Waals surface area contributed by atoms with Gasteiger partial charge in [0, 0.05) is 6.20 Å². The lowest BCUT2D eigenvalue weighted by atomic mass is 10.4. The minimum Gasteiger partial charge on any atom is -0.267 e. The summed E-state index contributed by atoms with van der Waals surface area (Å²) in [6, 6.07) is 0. The minimum absolute atomic E-state index is 0.